The molecule has 9 nitrogen and oxygen atoms in total. The predicted octanol–water partition coefficient (Wildman–Crippen LogP) is 2.92. The lowest BCUT2D eigenvalue weighted by molar-refractivity contribution is 0.100. The molecule has 3 rings (SSSR count). The van der Waals surface area contributed by atoms with Crippen molar-refractivity contribution in [2.75, 3.05) is 11.9 Å². The van der Waals surface area contributed by atoms with E-state index in [1.54, 1.807) is 0 Å². The van der Waals surface area contributed by atoms with E-state index in [2.05, 4.69) is 20.6 Å². The van der Waals surface area contributed by atoms with Crippen LogP contribution in [0.1, 0.15) is 44.1 Å². The van der Waals surface area contributed by atoms with Gasteiger partial charge in [0, 0.05) is 18.9 Å². The third kappa shape index (κ3) is 5.85. The monoisotopic (exact) mass is 455 g/mol. The summed E-state index contributed by atoms with van der Waals surface area (Å²) in [5.74, 6) is -2.25. The molecule has 31 heavy (non-hydrogen) atoms. The van der Waals surface area contributed by atoms with Gasteiger partial charge in [0.15, 0.2) is 11.6 Å². The molecule has 0 spiro atoms. The fraction of sp³-hybridized carbons (Fsp3) is 0.421. The van der Waals surface area contributed by atoms with Gasteiger partial charge in [0.1, 0.15) is 11.8 Å². The largest absolute Gasteiger partial charge is 0.446 e. The Labute approximate surface area is 178 Å². The third-order valence-electron chi connectivity index (χ3n) is 4.90. The van der Waals surface area contributed by atoms with Gasteiger partial charge in [0.25, 0.3) is 0 Å². The number of ether oxygens (including phenoxy) is 1. The average Bonchev–Trinajstić information content (AvgIpc) is 3.17. The molecule has 0 aliphatic heterocycles. The van der Waals surface area contributed by atoms with Gasteiger partial charge in [0.2, 0.25) is 16.0 Å². The molecular weight excluding hydrogens is 432 g/mol. The number of carbonyl (C=O) groups is 1. The van der Waals surface area contributed by atoms with Gasteiger partial charge in [-0.1, -0.05) is 6.92 Å². The number of benzene rings is 1. The van der Waals surface area contributed by atoms with Crippen LogP contribution in [-0.2, 0) is 14.8 Å². The maximum absolute atomic E-state index is 14.2. The number of nitrogens with zero attached hydrogens (tertiary/aromatic N) is 2. The zero-order valence-corrected chi connectivity index (χ0v) is 17.6. The van der Waals surface area contributed by atoms with Crippen LogP contribution in [0.25, 0.3) is 0 Å². The highest BCUT2D eigenvalue weighted by Gasteiger charge is 2.29. The van der Waals surface area contributed by atoms with Gasteiger partial charge in [-0.3, -0.25) is 0 Å². The van der Waals surface area contributed by atoms with Crippen molar-refractivity contribution in [2.45, 2.75) is 49.5 Å². The van der Waals surface area contributed by atoms with E-state index in [0.717, 1.165) is 24.8 Å². The summed E-state index contributed by atoms with van der Waals surface area (Å²) in [6.45, 7) is 2.51. The third-order valence-corrected chi connectivity index (χ3v) is 5.79. The first kappa shape index (κ1) is 22.8. The molecule has 1 saturated carbocycles. The van der Waals surface area contributed by atoms with Crippen LogP contribution in [0, 0.1) is 11.6 Å². The van der Waals surface area contributed by atoms with Crippen LogP contribution >= 0.6 is 0 Å². The first-order chi connectivity index (χ1) is 14.7. The SMILES string of the molecule is CCCNC(=O)O[C@H]1CC[C@@H](c2cnc(Nc3c(F)cc(S(N)(=O)=O)cc3F)nc2)C1. The smallest absolute Gasteiger partial charge is 0.407 e. The summed E-state index contributed by atoms with van der Waals surface area (Å²) in [4.78, 5) is 19.2. The van der Waals surface area contributed by atoms with Crippen molar-refractivity contribution in [3.63, 3.8) is 0 Å². The van der Waals surface area contributed by atoms with Gasteiger partial charge in [-0.15, -0.1) is 0 Å². The maximum Gasteiger partial charge on any atom is 0.407 e. The summed E-state index contributed by atoms with van der Waals surface area (Å²) in [7, 11) is -4.24. The van der Waals surface area contributed by atoms with E-state index in [9.17, 15) is 22.0 Å². The highest BCUT2D eigenvalue weighted by Crippen LogP contribution is 2.35. The van der Waals surface area contributed by atoms with E-state index < -0.39 is 38.3 Å². The molecule has 0 bridgehead atoms. The standard InChI is InChI=1S/C19H23F2N5O4S/c1-2-5-23-19(27)30-13-4-3-11(6-13)12-9-24-18(25-10-12)26-17-15(20)7-14(8-16(17)21)31(22,28)29/h7-11,13H,2-6H2,1H3,(H,23,27)(H2,22,28,29)(H,24,25,26)/t11-,13+/m1/s1. The van der Waals surface area contributed by atoms with Crippen LogP contribution in [0.3, 0.4) is 0 Å². The molecule has 1 aliphatic carbocycles. The Balaban J connectivity index is 1.63. The molecule has 12 heteroatoms. The first-order valence-corrected chi connectivity index (χ1v) is 11.3. The van der Waals surface area contributed by atoms with Crippen LogP contribution in [-0.4, -0.2) is 37.1 Å². The number of anilines is 2. The number of amides is 1. The van der Waals surface area contributed by atoms with E-state index in [4.69, 9.17) is 9.88 Å². The number of nitrogens with two attached hydrogens (primary N) is 1. The molecule has 1 amide bonds. The van der Waals surface area contributed by atoms with Gasteiger partial charge in [-0.05, 0) is 49.3 Å². The summed E-state index contributed by atoms with van der Waals surface area (Å²) >= 11 is 0. The van der Waals surface area contributed by atoms with Gasteiger partial charge >= 0.3 is 6.09 Å². The van der Waals surface area contributed by atoms with Crippen molar-refractivity contribution in [1.82, 2.24) is 15.3 Å². The Hall–Kier alpha value is -2.86. The predicted molar refractivity (Wildman–Crippen MR) is 108 cm³/mol. The fourth-order valence-electron chi connectivity index (χ4n) is 3.33. The normalized spacial score (nSPS) is 18.6. The Morgan fingerprint density at radius 1 is 1.23 bits per heavy atom. The van der Waals surface area contributed by atoms with E-state index in [0.29, 0.717) is 25.1 Å². The number of halogens is 2. The number of aromatic nitrogens is 2. The van der Waals surface area contributed by atoms with Crippen LogP contribution in [0.4, 0.5) is 25.2 Å². The second-order valence-corrected chi connectivity index (χ2v) is 8.80. The Kier molecular flexibility index (Phi) is 7.01. The lowest BCUT2D eigenvalue weighted by Gasteiger charge is -2.14. The minimum absolute atomic E-state index is 0.0605. The molecule has 1 aromatic carbocycles. The molecule has 1 aromatic heterocycles. The van der Waals surface area contributed by atoms with Crippen LogP contribution in [0.15, 0.2) is 29.4 Å². The molecule has 0 unspecified atom stereocenters. The fourth-order valence-corrected chi connectivity index (χ4v) is 3.86. The Morgan fingerprint density at radius 3 is 2.45 bits per heavy atom. The molecule has 1 fully saturated rings. The molecule has 4 N–H and O–H groups in total. The molecule has 0 saturated heterocycles. The number of rotatable bonds is 7. The summed E-state index contributed by atoms with van der Waals surface area (Å²) in [6.07, 6.45) is 5.42. The number of carbonyl (C=O) groups excluding carboxylic acids is 1. The molecule has 0 radical (unpaired) electrons. The van der Waals surface area contributed by atoms with E-state index >= 15 is 0 Å². The van der Waals surface area contributed by atoms with Crippen LogP contribution in [0.5, 0.6) is 0 Å². The van der Waals surface area contributed by atoms with Crippen molar-refractivity contribution in [1.29, 1.82) is 0 Å². The molecule has 1 heterocycles. The number of primary sulfonamides is 1. The topological polar surface area (TPSA) is 136 Å². The number of alkyl carbamates (subject to hydrolysis) is 1. The summed E-state index contributed by atoms with van der Waals surface area (Å²) in [5, 5.41) is 9.97. The first-order valence-electron chi connectivity index (χ1n) is 9.72. The minimum Gasteiger partial charge on any atom is -0.446 e. The lowest BCUT2D eigenvalue weighted by atomic mass is 10.0. The van der Waals surface area contributed by atoms with Gasteiger partial charge in [-0.2, -0.15) is 0 Å². The summed E-state index contributed by atoms with van der Waals surface area (Å²) < 4.78 is 56.2. The van der Waals surface area contributed by atoms with Crippen molar-refractivity contribution < 1.29 is 26.7 Å². The molecule has 168 valence electrons. The van der Waals surface area contributed by atoms with Crippen LogP contribution in [0.2, 0.25) is 0 Å². The zero-order valence-electron chi connectivity index (χ0n) is 16.8. The van der Waals surface area contributed by atoms with Crippen molar-refractivity contribution >= 4 is 27.8 Å². The van der Waals surface area contributed by atoms with E-state index in [1.165, 1.54) is 12.4 Å². The van der Waals surface area contributed by atoms with Gasteiger partial charge in [-0.25, -0.2) is 37.1 Å². The maximum atomic E-state index is 14.2. The van der Waals surface area contributed by atoms with E-state index in [1.807, 2.05) is 6.92 Å². The summed E-state index contributed by atoms with van der Waals surface area (Å²) in [5.41, 5.74) is 0.226. The molecule has 1 aliphatic rings. The highest BCUT2D eigenvalue weighted by atomic mass is 32.2. The average molecular weight is 455 g/mol. The Morgan fingerprint density at radius 2 is 1.87 bits per heavy atom. The Bertz CT molecular complexity index is 1030. The van der Waals surface area contributed by atoms with Gasteiger partial charge in [0.05, 0.1) is 4.90 Å². The number of nitrogens with one attached hydrogen (secondary N) is 2. The molecular formula is C19H23F2N5O4S. The number of hydrogen-bond acceptors (Lipinski definition) is 7. The van der Waals surface area contributed by atoms with Crippen LogP contribution < -0.4 is 15.8 Å². The molecule has 2 atom stereocenters. The van der Waals surface area contributed by atoms with Crippen molar-refractivity contribution in [2.24, 2.45) is 5.14 Å². The number of hydrogen-bond donors (Lipinski definition) is 3. The zero-order chi connectivity index (χ0) is 22.6. The van der Waals surface area contributed by atoms with Crippen molar-refractivity contribution in [3.05, 3.63) is 41.7 Å². The summed E-state index contributed by atoms with van der Waals surface area (Å²) in [6, 6.07) is 1.23. The van der Waals surface area contributed by atoms with E-state index in [-0.39, 0.29) is 18.0 Å². The second kappa shape index (κ2) is 9.52. The van der Waals surface area contributed by atoms with Crippen molar-refractivity contribution in [3.8, 4) is 0 Å². The highest BCUT2D eigenvalue weighted by molar-refractivity contribution is 7.89. The second-order valence-electron chi connectivity index (χ2n) is 7.24. The lowest BCUT2D eigenvalue weighted by Crippen LogP contribution is -2.28. The van der Waals surface area contributed by atoms with Gasteiger partial charge < -0.3 is 15.4 Å². The number of sulfonamides is 1. The minimum atomic E-state index is -4.24. The quantitative estimate of drug-likeness (QED) is 0.584. The molecule has 2 aromatic rings.